The highest BCUT2D eigenvalue weighted by Crippen LogP contribution is 2.32. The molecule has 0 aliphatic rings. The number of hydrogen-bond acceptors (Lipinski definition) is 4. The minimum Gasteiger partial charge on any atom is -0.372 e. The monoisotopic (exact) mass is 492 g/mol. The second kappa shape index (κ2) is 10.3. The lowest BCUT2D eigenvalue weighted by molar-refractivity contribution is -0.137. The third-order valence-electron chi connectivity index (χ3n) is 5.99. The average Bonchev–Trinajstić information content (AvgIpc) is 2.85. The first-order valence-electron chi connectivity index (χ1n) is 11.7. The Kier molecular flexibility index (Phi) is 7.15. The number of pyridine rings is 1. The predicted octanol–water partition coefficient (Wildman–Crippen LogP) is 7.40. The smallest absolute Gasteiger partial charge is 0.372 e. The number of alkyl halides is 3. The molecule has 4 aromatic rings. The number of halogens is 3. The quantitative estimate of drug-likeness (QED) is 0.282. The third kappa shape index (κ3) is 5.59. The number of benzene rings is 3. The van der Waals surface area contributed by atoms with E-state index in [-0.39, 0.29) is 5.91 Å². The molecule has 2 N–H and O–H groups in total. The topological polar surface area (TPSA) is 57.3 Å². The van der Waals surface area contributed by atoms with Crippen LogP contribution in [0, 0.1) is 6.92 Å². The first-order chi connectivity index (χ1) is 17.2. The molecule has 186 valence electrons. The van der Waals surface area contributed by atoms with Crippen LogP contribution >= 0.6 is 0 Å². The number of nitrogens with one attached hydrogen (secondary N) is 2. The van der Waals surface area contributed by atoms with Gasteiger partial charge in [0.25, 0.3) is 5.91 Å². The summed E-state index contributed by atoms with van der Waals surface area (Å²) in [5.41, 5.74) is 3.35. The first kappa shape index (κ1) is 25.0. The van der Waals surface area contributed by atoms with Crippen LogP contribution in [0.2, 0.25) is 0 Å². The molecule has 1 heterocycles. The van der Waals surface area contributed by atoms with E-state index in [1.165, 1.54) is 6.07 Å². The largest absolute Gasteiger partial charge is 0.416 e. The number of aromatic nitrogens is 1. The van der Waals surface area contributed by atoms with Crippen LogP contribution in [0.5, 0.6) is 0 Å². The van der Waals surface area contributed by atoms with Gasteiger partial charge in [-0.3, -0.25) is 4.79 Å². The van der Waals surface area contributed by atoms with Crippen LogP contribution in [-0.4, -0.2) is 24.0 Å². The van der Waals surface area contributed by atoms with E-state index in [0.717, 1.165) is 41.9 Å². The number of hydrogen-bond donors (Lipinski definition) is 2. The Balaban J connectivity index is 1.52. The molecule has 0 spiro atoms. The summed E-state index contributed by atoms with van der Waals surface area (Å²) >= 11 is 0. The lowest BCUT2D eigenvalue weighted by atomic mass is 10.1. The number of amides is 1. The van der Waals surface area contributed by atoms with E-state index in [1.54, 1.807) is 24.3 Å². The van der Waals surface area contributed by atoms with Gasteiger partial charge in [0.05, 0.1) is 11.1 Å². The van der Waals surface area contributed by atoms with Crippen LogP contribution < -0.4 is 15.5 Å². The SMILES string of the molecule is CCN(CC)c1ccc(C(=O)Nc2ccc3nc(Nc4cccc(C(F)(F)F)c4)cc(C)c3c2)cc1. The number of carbonyl (C=O) groups is 1. The molecule has 36 heavy (non-hydrogen) atoms. The van der Waals surface area contributed by atoms with Crippen molar-refractivity contribution >= 4 is 39.7 Å². The van der Waals surface area contributed by atoms with Crippen molar-refractivity contribution in [1.29, 1.82) is 0 Å². The zero-order valence-electron chi connectivity index (χ0n) is 20.3. The van der Waals surface area contributed by atoms with Gasteiger partial charge in [-0.2, -0.15) is 13.2 Å². The van der Waals surface area contributed by atoms with E-state index < -0.39 is 11.7 Å². The van der Waals surface area contributed by atoms with E-state index in [2.05, 4.69) is 34.4 Å². The Hall–Kier alpha value is -4.07. The Morgan fingerprint density at radius 1 is 0.917 bits per heavy atom. The summed E-state index contributed by atoms with van der Waals surface area (Å²) < 4.78 is 39.1. The maximum atomic E-state index is 13.0. The summed E-state index contributed by atoms with van der Waals surface area (Å²) in [5, 5.41) is 6.71. The van der Waals surface area contributed by atoms with Gasteiger partial charge in [0.2, 0.25) is 0 Å². The number of aryl methyl sites for hydroxylation is 1. The van der Waals surface area contributed by atoms with Crippen LogP contribution in [0.15, 0.2) is 72.8 Å². The molecule has 3 aromatic carbocycles. The molecule has 0 radical (unpaired) electrons. The normalized spacial score (nSPS) is 11.4. The molecule has 0 unspecified atom stereocenters. The second-order valence-corrected chi connectivity index (χ2v) is 8.43. The van der Waals surface area contributed by atoms with Crippen molar-refractivity contribution in [2.45, 2.75) is 26.9 Å². The molecule has 0 aliphatic heterocycles. The zero-order chi connectivity index (χ0) is 25.9. The summed E-state index contributed by atoms with van der Waals surface area (Å²) in [5.74, 6) is 0.221. The van der Waals surface area contributed by atoms with Gasteiger partial charge >= 0.3 is 6.18 Å². The third-order valence-corrected chi connectivity index (χ3v) is 5.99. The fourth-order valence-corrected chi connectivity index (χ4v) is 4.07. The Morgan fingerprint density at radius 3 is 2.31 bits per heavy atom. The zero-order valence-corrected chi connectivity index (χ0v) is 20.3. The Morgan fingerprint density at radius 2 is 1.64 bits per heavy atom. The van der Waals surface area contributed by atoms with Crippen LogP contribution in [0.3, 0.4) is 0 Å². The van der Waals surface area contributed by atoms with E-state index in [4.69, 9.17) is 0 Å². The van der Waals surface area contributed by atoms with Crippen molar-refractivity contribution in [1.82, 2.24) is 4.98 Å². The van der Waals surface area contributed by atoms with Gasteiger partial charge in [0.1, 0.15) is 5.82 Å². The highest BCUT2D eigenvalue weighted by Gasteiger charge is 2.30. The summed E-state index contributed by atoms with van der Waals surface area (Å²) in [7, 11) is 0. The molecule has 0 fully saturated rings. The summed E-state index contributed by atoms with van der Waals surface area (Å²) in [6.45, 7) is 7.85. The highest BCUT2D eigenvalue weighted by atomic mass is 19.4. The van der Waals surface area contributed by atoms with Gasteiger partial charge < -0.3 is 15.5 Å². The number of carbonyl (C=O) groups excluding carboxylic acids is 1. The van der Waals surface area contributed by atoms with Crippen LogP contribution in [-0.2, 0) is 6.18 Å². The molecule has 0 bridgehead atoms. The van der Waals surface area contributed by atoms with Crippen molar-refractivity contribution in [2.24, 2.45) is 0 Å². The second-order valence-electron chi connectivity index (χ2n) is 8.43. The van der Waals surface area contributed by atoms with Gasteiger partial charge in [0, 0.05) is 41.1 Å². The number of fused-ring (bicyclic) bond motifs is 1. The van der Waals surface area contributed by atoms with Crippen molar-refractivity contribution in [3.05, 3.63) is 89.5 Å². The minimum atomic E-state index is -4.42. The van der Waals surface area contributed by atoms with Crippen LogP contribution in [0.25, 0.3) is 10.9 Å². The van der Waals surface area contributed by atoms with Crippen LogP contribution in [0.4, 0.5) is 36.1 Å². The van der Waals surface area contributed by atoms with Crippen molar-refractivity contribution < 1.29 is 18.0 Å². The van der Waals surface area contributed by atoms with E-state index in [1.807, 2.05) is 37.3 Å². The molecule has 0 saturated heterocycles. The molecule has 0 aliphatic carbocycles. The lowest BCUT2D eigenvalue weighted by Crippen LogP contribution is -2.21. The van der Waals surface area contributed by atoms with Gasteiger partial charge in [-0.15, -0.1) is 0 Å². The fraction of sp³-hybridized carbons (Fsp3) is 0.214. The van der Waals surface area contributed by atoms with Crippen LogP contribution in [0.1, 0.15) is 35.3 Å². The van der Waals surface area contributed by atoms with Gasteiger partial charge in [-0.1, -0.05) is 6.07 Å². The summed E-state index contributed by atoms with van der Waals surface area (Å²) in [6.07, 6.45) is -4.42. The lowest BCUT2D eigenvalue weighted by Gasteiger charge is -2.21. The molecular formula is C28H27F3N4O. The number of nitrogens with zero attached hydrogens (tertiary/aromatic N) is 2. The maximum Gasteiger partial charge on any atom is 0.416 e. The molecule has 0 atom stereocenters. The first-order valence-corrected chi connectivity index (χ1v) is 11.7. The molecule has 1 aromatic heterocycles. The van der Waals surface area contributed by atoms with Gasteiger partial charge in [-0.25, -0.2) is 4.98 Å². The predicted molar refractivity (Wildman–Crippen MR) is 139 cm³/mol. The Bertz CT molecular complexity index is 1380. The molecular weight excluding hydrogens is 465 g/mol. The van der Waals surface area contributed by atoms with Gasteiger partial charge in [-0.05, 0) is 93.1 Å². The van der Waals surface area contributed by atoms with Crippen molar-refractivity contribution in [3.63, 3.8) is 0 Å². The summed E-state index contributed by atoms with van der Waals surface area (Å²) in [4.78, 5) is 19.5. The van der Waals surface area contributed by atoms with E-state index >= 15 is 0 Å². The maximum absolute atomic E-state index is 13.0. The van der Waals surface area contributed by atoms with E-state index in [0.29, 0.717) is 28.3 Å². The van der Waals surface area contributed by atoms with Crippen molar-refractivity contribution in [2.75, 3.05) is 28.6 Å². The highest BCUT2D eigenvalue weighted by molar-refractivity contribution is 6.05. The summed E-state index contributed by atoms with van der Waals surface area (Å²) in [6, 6.07) is 19.6. The molecule has 8 heteroatoms. The number of anilines is 4. The van der Waals surface area contributed by atoms with Crippen molar-refractivity contribution in [3.8, 4) is 0 Å². The molecule has 5 nitrogen and oxygen atoms in total. The Labute approximate surface area is 208 Å². The fourth-order valence-electron chi connectivity index (χ4n) is 4.07. The molecule has 1 amide bonds. The minimum absolute atomic E-state index is 0.214. The number of rotatable bonds is 7. The molecule has 0 saturated carbocycles. The average molecular weight is 493 g/mol. The van der Waals surface area contributed by atoms with Gasteiger partial charge in [0.15, 0.2) is 0 Å². The molecule has 4 rings (SSSR count). The van der Waals surface area contributed by atoms with E-state index in [9.17, 15) is 18.0 Å². The standard InChI is InChI=1S/C28H27F3N4O/c1-4-35(5-2)23-12-9-19(10-13-23)27(36)33-22-11-14-25-24(17-22)18(3)15-26(34-25)32-21-8-6-7-20(16-21)28(29,30)31/h6-17H,4-5H2,1-3H3,(H,32,34)(H,33,36).